The van der Waals surface area contributed by atoms with Crippen LogP contribution in [-0.4, -0.2) is 37.1 Å². The second-order valence-electron chi connectivity index (χ2n) is 5.62. The number of rotatable bonds is 5. The lowest BCUT2D eigenvalue weighted by Crippen LogP contribution is -2.50. The van der Waals surface area contributed by atoms with Crippen LogP contribution >= 0.6 is 0 Å². The molecule has 1 aliphatic heterocycles. The highest BCUT2D eigenvalue weighted by atomic mass is 16.2. The Morgan fingerprint density at radius 3 is 2.80 bits per heavy atom. The number of pyridine rings is 1. The van der Waals surface area contributed by atoms with Crippen molar-refractivity contribution in [1.29, 1.82) is 0 Å². The van der Waals surface area contributed by atoms with E-state index < -0.39 is 5.54 Å². The first-order chi connectivity index (χ1) is 9.57. The Kier molecular flexibility index (Phi) is 4.60. The number of nitrogens with zero attached hydrogens (tertiary/aromatic N) is 2. The molecule has 0 spiro atoms. The van der Waals surface area contributed by atoms with Gasteiger partial charge in [-0.2, -0.15) is 0 Å². The van der Waals surface area contributed by atoms with Crippen LogP contribution in [0.15, 0.2) is 18.3 Å². The van der Waals surface area contributed by atoms with Crippen molar-refractivity contribution in [3.05, 3.63) is 18.3 Å². The SMILES string of the molecule is CCCC1(C(=O)Nc2ccc(N(C)C)nc2)CCCN1. The first-order valence-electron chi connectivity index (χ1n) is 7.27. The predicted octanol–water partition coefficient (Wildman–Crippen LogP) is 2.01. The molecule has 0 saturated carbocycles. The van der Waals surface area contributed by atoms with Gasteiger partial charge in [0, 0.05) is 14.1 Å². The molecule has 0 radical (unpaired) electrons. The van der Waals surface area contributed by atoms with Crippen molar-refractivity contribution < 1.29 is 4.79 Å². The predicted molar refractivity (Wildman–Crippen MR) is 82.1 cm³/mol. The largest absolute Gasteiger partial charge is 0.363 e. The van der Waals surface area contributed by atoms with E-state index in [9.17, 15) is 4.79 Å². The third-order valence-electron chi connectivity index (χ3n) is 3.82. The van der Waals surface area contributed by atoms with Gasteiger partial charge in [0.15, 0.2) is 0 Å². The number of carbonyl (C=O) groups excluding carboxylic acids is 1. The summed E-state index contributed by atoms with van der Waals surface area (Å²) in [6.07, 6.45) is 5.56. The Morgan fingerprint density at radius 1 is 1.50 bits per heavy atom. The average molecular weight is 276 g/mol. The molecule has 2 N–H and O–H groups in total. The second-order valence-corrected chi connectivity index (χ2v) is 5.62. The summed E-state index contributed by atoms with van der Waals surface area (Å²) in [6.45, 7) is 3.04. The molecule has 1 saturated heterocycles. The molecule has 1 aromatic heterocycles. The maximum Gasteiger partial charge on any atom is 0.244 e. The Bertz CT molecular complexity index is 449. The zero-order valence-electron chi connectivity index (χ0n) is 12.6. The second kappa shape index (κ2) is 6.22. The van der Waals surface area contributed by atoms with Gasteiger partial charge in [-0.3, -0.25) is 4.79 Å². The number of aromatic nitrogens is 1. The van der Waals surface area contributed by atoms with E-state index in [0.29, 0.717) is 0 Å². The van der Waals surface area contributed by atoms with E-state index in [4.69, 9.17) is 0 Å². The van der Waals surface area contributed by atoms with Crippen molar-refractivity contribution in [3.63, 3.8) is 0 Å². The van der Waals surface area contributed by atoms with Gasteiger partial charge in [0.1, 0.15) is 5.82 Å². The minimum atomic E-state index is -0.394. The highest BCUT2D eigenvalue weighted by Gasteiger charge is 2.39. The number of anilines is 2. The normalized spacial score (nSPS) is 21.8. The van der Waals surface area contributed by atoms with Crippen LogP contribution in [0.2, 0.25) is 0 Å². The smallest absolute Gasteiger partial charge is 0.244 e. The van der Waals surface area contributed by atoms with Gasteiger partial charge in [0.05, 0.1) is 17.4 Å². The Labute approximate surface area is 120 Å². The molecular formula is C15H24N4O. The summed E-state index contributed by atoms with van der Waals surface area (Å²) in [5, 5.41) is 6.37. The summed E-state index contributed by atoms with van der Waals surface area (Å²) in [5.74, 6) is 0.946. The average Bonchev–Trinajstić information content (AvgIpc) is 2.89. The van der Waals surface area contributed by atoms with Gasteiger partial charge in [0.2, 0.25) is 5.91 Å². The molecule has 2 heterocycles. The fourth-order valence-electron chi connectivity index (χ4n) is 2.73. The topological polar surface area (TPSA) is 57.3 Å². The van der Waals surface area contributed by atoms with Gasteiger partial charge < -0.3 is 15.5 Å². The third-order valence-corrected chi connectivity index (χ3v) is 3.82. The van der Waals surface area contributed by atoms with Crippen LogP contribution in [0.25, 0.3) is 0 Å². The first-order valence-corrected chi connectivity index (χ1v) is 7.27. The molecule has 1 atom stereocenters. The van der Waals surface area contributed by atoms with Crippen LogP contribution in [-0.2, 0) is 4.79 Å². The molecule has 2 rings (SSSR count). The highest BCUT2D eigenvalue weighted by Crippen LogP contribution is 2.26. The van der Waals surface area contributed by atoms with Crippen molar-refractivity contribution in [2.24, 2.45) is 0 Å². The molecule has 5 nitrogen and oxygen atoms in total. The summed E-state index contributed by atoms with van der Waals surface area (Å²) in [7, 11) is 3.89. The number of amides is 1. The minimum Gasteiger partial charge on any atom is -0.363 e. The molecule has 0 aromatic carbocycles. The Morgan fingerprint density at radius 2 is 2.30 bits per heavy atom. The van der Waals surface area contributed by atoms with E-state index in [-0.39, 0.29) is 5.91 Å². The Hall–Kier alpha value is -1.62. The quantitative estimate of drug-likeness (QED) is 0.864. The van der Waals surface area contributed by atoms with Gasteiger partial charge in [-0.15, -0.1) is 0 Å². The van der Waals surface area contributed by atoms with Crippen LogP contribution in [0.4, 0.5) is 11.5 Å². The lowest BCUT2D eigenvalue weighted by molar-refractivity contribution is -0.122. The highest BCUT2D eigenvalue weighted by molar-refractivity contribution is 5.98. The molecule has 1 aromatic rings. The first kappa shape index (κ1) is 14.8. The van der Waals surface area contributed by atoms with Gasteiger partial charge in [-0.1, -0.05) is 13.3 Å². The monoisotopic (exact) mass is 276 g/mol. The Balaban J connectivity index is 2.06. The standard InChI is InChI=1S/C15H24N4O/c1-4-8-15(9-5-10-17-15)14(20)18-12-6-7-13(16-11-12)19(2)3/h6-7,11,17H,4-5,8-10H2,1-3H3,(H,18,20). The maximum atomic E-state index is 12.5. The van der Waals surface area contributed by atoms with Crippen LogP contribution in [0.1, 0.15) is 32.6 Å². The summed E-state index contributed by atoms with van der Waals surface area (Å²) in [5.41, 5.74) is 0.361. The van der Waals surface area contributed by atoms with Crippen LogP contribution in [0.5, 0.6) is 0 Å². The van der Waals surface area contributed by atoms with E-state index >= 15 is 0 Å². The summed E-state index contributed by atoms with van der Waals surface area (Å²) in [4.78, 5) is 18.8. The molecule has 110 valence electrons. The molecule has 1 aliphatic rings. The molecular weight excluding hydrogens is 252 g/mol. The van der Waals surface area contributed by atoms with Gasteiger partial charge in [-0.05, 0) is 37.9 Å². The molecule has 0 bridgehead atoms. The molecule has 1 unspecified atom stereocenters. The number of nitrogens with one attached hydrogen (secondary N) is 2. The number of carbonyl (C=O) groups is 1. The van der Waals surface area contributed by atoms with Gasteiger partial charge in [0.25, 0.3) is 0 Å². The fourth-order valence-corrected chi connectivity index (χ4v) is 2.73. The third kappa shape index (κ3) is 3.10. The van der Waals surface area contributed by atoms with Crippen LogP contribution < -0.4 is 15.5 Å². The summed E-state index contributed by atoms with van der Waals surface area (Å²) >= 11 is 0. The van der Waals surface area contributed by atoms with E-state index in [0.717, 1.165) is 43.7 Å². The van der Waals surface area contributed by atoms with Gasteiger partial charge >= 0.3 is 0 Å². The van der Waals surface area contributed by atoms with E-state index in [2.05, 4.69) is 22.5 Å². The zero-order chi connectivity index (χ0) is 14.6. The van der Waals surface area contributed by atoms with E-state index in [1.807, 2.05) is 31.1 Å². The lowest BCUT2D eigenvalue weighted by atomic mass is 9.91. The fraction of sp³-hybridized carbons (Fsp3) is 0.600. The van der Waals surface area contributed by atoms with Crippen molar-refractivity contribution >= 4 is 17.4 Å². The maximum absolute atomic E-state index is 12.5. The minimum absolute atomic E-state index is 0.0660. The van der Waals surface area contributed by atoms with Crippen LogP contribution in [0.3, 0.4) is 0 Å². The molecule has 0 aliphatic carbocycles. The molecule has 1 amide bonds. The van der Waals surface area contributed by atoms with E-state index in [1.54, 1.807) is 6.20 Å². The van der Waals surface area contributed by atoms with Crippen molar-refractivity contribution in [3.8, 4) is 0 Å². The van der Waals surface area contributed by atoms with Crippen LogP contribution in [0, 0.1) is 0 Å². The summed E-state index contributed by atoms with van der Waals surface area (Å²) < 4.78 is 0. The van der Waals surface area contributed by atoms with Gasteiger partial charge in [-0.25, -0.2) is 4.98 Å². The molecule has 1 fully saturated rings. The van der Waals surface area contributed by atoms with E-state index in [1.165, 1.54) is 0 Å². The lowest BCUT2D eigenvalue weighted by Gasteiger charge is -2.27. The number of hydrogen-bond acceptors (Lipinski definition) is 4. The molecule has 20 heavy (non-hydrogen) atoms. The number of hydrogen-bond donors (Lipinski definition) is 2. The van der Waals surface area contributed by atoms with Crippen molar-refractivity contribution in [2.45, 2.75) is 38.1 Å². The summed E-state index contributed by atoms with van der Waals surface area (Å²) in [6, 6.07) is 3.80. The molecule has 5 heteroatoms. The zero-order valence-corrected chi connectivity index (χ0v) is 12.6. The van der Waals surface area contributed by atoms with Crippen molar-refractivity contribution in [2.75, 3.05) is 30.9 Å². The van der Waals surface area contributed by atoms with Crippen molar-refractivity contribution in [1.82, 2.24) is 10.3 Å².